The van der Waals surface area contributed by atoms with Crippen LogP contribution in [0.5, 0.6) is 0 Å². The smallest absolute Gasteiger partial charge is 0.211 e. The average Bonchev–Trinajstić information content (AvgIpc) is 2.53. The summed E-state index contributed by atoms with van der Waals surface area (Å²) < 4.78 is 27.3. The van der Waals surface area contributed by atoms with Crippen LogP contribution in [0, 0.1) is 11.8 Å². The Hall–Kier alpha value is -0.390. The third-order valence-electron chi connectivity index (χ3n) is 4.49. The second kappa shape index (κ2) is 7.75. The molecule has 0 amide bonds. The largest absolute Gasteiger partial charge is 0.240 e. The molecule has 0 unspecified atom stereocenters. The van der Waals surface area contributed by atoms with E-state index in [4.69, 9.17) is 0 Å². The Balaban J connectivity index is 1.89. The third kappa shape index (κ3) is 4.80. The highest BCUT2D eigenvalue weighted by atomic mass is 79.9. The van der Waals surface area contributed by atoms with E-state index >= 15 is 0 Å². The van der Waals surface area contributed by atoms with E-state index in [1.165, 1.54) is 19.3 Å². The molecule has 0 aliphatic heterocycles. The Kier molecular flexibility index (Phi) is 6.26. The van der Waals surface area contributed by atoms with Gasteiger partial charge < -0.3 is 0 Å². The van der Waals surface area contributed by atoms with Crippen molar-refractivity contribution < 1.29 is 8.42 Å². The van der Waals surface area contributed by atoms with Crippen LogP contribution in [0.1, 0.15) is 44.6 Å². The Bertz CT molecular complexity index is 534. The van der Waals surface area contributed by atoms with Crippen LogP contribution in [0.3, 0.4) is 0 Å². The molecule has 0 bridgehead atoms. The van der Waals surface area contributed by atoms with Crippen LogP contribution < -0.4 is 4.72 Å². The molecule has 1 N–H and O–H groups in total. The van der Waals surface area contributed by atoms with Crippen molar-refractivity contribution in [2.45, 2.75) is 49.3 Å². The minimum atomic E-state index is -3.37. The van der Waals surface area contributed by atoms with Crippen LogP contribution in [-0.2, 0) is 15.4 Å². The number of hydrogen-bond donors (Lipinski definition) is 1. The maximum Gasteiger partial charge on any atom is 0.240 e. The Morgan fingerprint density at radius 2 is 1.67 bits per heavy atom. The van der Waals surface area contributed by atoms with E-state index in [1.807, 2.05) is 12.1 Å². The standard InChI is InChI=1S/C16H24BrNO2S/c1-2-13-3-5-15(6-4-13)12-18-21(19,20)16-9-7-14(11-17)8-10-16/h7-10,13,15,18H,2-6,11-12H2,1H3. The first kappa shape index (κ1) is 17.0. The summed E-state index contributed by atoms with van der Waals surface area (Å²) in [6.45, 7) is 2.81. The van der Waals surface area contributed by atoms with Crippen molar-refractivity contribution >= 4 is 26.0 Å². The van der Waals surface area contributed by atoms with Gasteiger partial charge in [0.1, 0.15) is 0 Å². The van der Waals surface area contributed by atoms with Gasteiger partial charge >= 0.3 is 0 Å². The van der Waals surface area contributed by atoms with Crippen LogP contribution in [-0.4, -0.2) is 15.0 Å². The summed E-state index contributed by atoms with van der Waals surface area (Å²) in [7, 11) is -3.37. The van der Waals surface area contributed by atoms with Crippen molar-refractivity contribution in [2.75, 3.05) is 6.54 Å². The number of alkyl halides is 1. The van der Waals surface area contributed by atoms with Gasteiger partial charge in [-0.1, -0.05) is 54.2 Å². The molecule has 1 aliphatic carbocycles. The lowest BCUT2D eigenvalue weighted by Gasteiger charge is -2.27. The highest BCUT2D eigenvalue weighted by Gasteiger charge is 2.22. The molecule has 2 rings (SSSR count). The zero-order valence-corrected chi connectivity index (χ0v) is 14.9. The van der Waals surface area contributed by atoms with Gasteiger partial charge in [-0.25, -0.2) is 13.1 Å². The Morgan fingerprint density at radius 3 is 2.19 bits per heavy atom. The van der Waals surface area contributed by atoms with Crippen molar-refractivity contribution in [2.24, 2.45) is 11.8 Å². The fourth-order valence-electron chi connectivity index (χ4n) is 2.91. The van der Waals surface area contributed by atoms with E-state index in [0.29, 0.717) is 17.4 Å². The van der Waals surface area contributed by atoms with Crippen molar-refractivity contribution in [1.29, 1.82) is 0 Å². The molecule has 1 fully saturated rings. The van der Waals surface area contributed by atoms with Gasteiger partial charge in [-0.3, -0.25) is 0 Å². The predicted octanol–water partition coefficient (Wildman–Crippen LogP) is 4.08. The number of hydrogen-bond acceptors (Lipinski definition) is 2. The van der Waals surface area contributed by atoms with E-state index in [0.717, 1.165) is 29.7 Å². The van der Waals surface area contributed by atoms with Crippen LogP contribution >= 0.6 is 15.9 Å². The number of halogens is 1. The fraction of sp³-hybridized carbons (Fsp3) is 0.625. The number of benzene rings is 1. The third-order valence-corrected chi connectivity index (χ3v) is 6.58. The van der Waals surface area contributed by atoms with Crippen LogP contribution in [0.4, 0.5) is 0 Å². The molecule has 5 heteroatoms. The van der Waals surface area contributed by atoms with E-state index < -0.39 is 10.0 Å². The molecule has 0 heterocycles. The van der Waals surface area contributed by atoms with Crippen molar-refractivity contribution in [3.8, 4) is 0 Å². The number of nitrogens with one attached hydrogen (secondary N) is 1. The second-order valence-corrected chi connectivity index (χ2v) is 8.25. The normalized spacial score (nSPS) is 23.1. The maximum atomic E-state index is 12.3. The molecule has 3 nitrogen and oxygen atoms in total. The first-order valence-electron chi connectivity index (χ1n) is 7.69. The summed E-state index contributed by atoms with van der Waals surface area (Å²) in [6.07, 6.45) is 6.01. The van der Waals surface area contributed by atoms with Gasteiger partial charge in [0.15, 0.2) is 0 Å². The van der Waals surface area contributed by atoms with Gasteiger partial charge in [0.2, 0.25) is 10.0 Å². The molecule has 0 spiro atoms. The molecule has 21 heavy (non-hydrogen) atoms. The maximum absolute atomic E-state index is 12.3. The average molecular weight is 374 g/mol. The summed E-state index contributed by atoms with van der Waals surface area (Å²) in [4.78, 5) is 0.356. The topological polar surface area (TPSA) is 46.2 Å². The van der Waals surface area contributed by atoms with Crippen molar-refractivity contribution in [3.05, 3.63) is 29.8 Å². The first-order valence-corrected chi connectivity index (χ1v) is 10.3. The predicted molar refractivity (Wildman–Crippen MR) is 90.0 cm³/mol. The van der Waals surface area contributed by atoms with E-state index in [1.54, 1.807) is 12.1 Å². The summed E-state index contributed by atoms with van der Waals surface area (Å²) in [5.74, 6) is 1.33. The lowest BCUT2D eigenvalue weighted by Crippen LogP contribution is -2.31. The van der Waals surface area contributed by atoms with Crippen LogP contribution in [0.25, 0.3) is 0 Å². The minimum absolute atomic E-state index is 0.356. The molecule has 0 saturated heterocycles. The molecule has 1 aliphatic rings. The van der Waals surface area contributed by atoms with Crippen LogP contribution in [0.2, 0.25) is 0 Å². The van der Waals surface area contributed by atoms with Gasteiger partial charge in [-0.2, -0.15) is 0 Å². The SMILES string of the molecule is CCC1CCC(CNS(=O)(=O)c2ccc(CBr)cc2)CC1. The number of rotatable bonds is 6. The second-order valence-electron chi connectivity index (χ2n) is 5.92. The quantitative estimate of drug-likeness (QED) is 0.763. The van der Waals surface area contributed by atoms with Gasteiger partial charge in [0, 0.05) is 11.9 Å². The van der Waals surface area contributed by atoms with Crippen LogP contribution in [0.15, 0.2) is 29.2 Å². The van der Waals surface area contributed by atoms with Gasteiger partial charge in [-0.15, -0.1) is 0 Å². The summed E-state index contributed by atoms with van der Waals surface area (Å²) >= 11 is 3.36. The number of sulfonamides is 1. The van der Waals surface area contributed by atoms with E-state index in [9.17, 15) is 8.42 Å². The lowest BCUT2D eigenvalue weighted by molar-refractivity contribution is 0.270. The summed E-state index contributed by atoms with van der Waals surface area (Å²) in [5, 5.41) is 0.738. The van der Waals surface area contributed by atoms with E-state index in [2.05, 4.69) is 27.6 Å². The Morgan fingerprint density at radius 1 is 1.10 bits per heavy atom. The highest BCUT2D eigenvalue weighted by Crippen LogP contribution is 2.30. The molecule has 0 atom stereocenters. The van der Waals surface area contributed by atoms with Gasteiger partial charge in [0.25, 0.3) is 0 Å². The molecular formula is C16H24BrNO2S. The van der Waals surface area contributed by atoms with Gasteiger partial charge in [-0.05, 0) is 42.4 Å². The summed E-state index contributed by atoms with van der Waals surface area (Å²) in [6, 6.07) is 7.03. The minimum Gasteiger partial charge on any atom is -0.211 e. The molecule has 118 valence electrons. The van der Waals surface area contributed by atoms with Gasteiger partial charge in [0.05, 0.1) is 4.90 Å². The zero-order chi connectivity index (χ0) is 15.3. The monoisotopic (exact) mass is 373 g/mol. The lowest BCUT2D eigenvalue weighted by atomic mass is 9.81. The molecule has 1 aromatic rings. The zero-order valence-electron chi connectivity index (χ0n) is 12.5. The molecule has 1 saturated carbocycles. The molecule has 1 aromatic carbocycles. The van der Waals surface area contributed by atoms with Crippen molar-refractivity contribution in [3.63, 3.8) is 0 Å². The van der Waals surface area contributed by atoms with E-state index in [-0.39, 0.29) is 0 Å². The molecular weight excluding hydrogens is 350 g/mol. The molecule has 0 radical (unpaired) electrons. The van der Waals surface area contributed by atoms with Crippen molar-refractivity contribution in [1.82, 2.24) is 4.72 Å². The highest BCUT2D eigenvalue weighted by molar-refractivity contribution is 9.08. The Labute approximate surface area is 136 Å². The summed E-state index contributed by atoms with van der Waals surface area (Å²) in [5.41, 5.74) is 1.08. The fourth-order valence-corrected chi connectivity index (χ4v) is 4.40. The molecule has 0 aromatic heterocycles. The first-order chi connectivity index (χ1) is 10.0.